The summed E-state index contributed by atoms with van der Waals surface area (Å²) in [5, 5.41) is 5.00. The van der Waals surface area contributed by atoms with Crippen LogP contribution in [0.4, 0.5) is 0 Å². The quantitative estimate of drug-likeness (QED) is 0.671. The van der Waals surface area contributed by atoms with Crippen molar-refractivity contribution in [2.75, 3.05) is 26.4 Å². The van der Waals surface area contributed by atoms with E-state index in [9.17, 15) is 0 Å². The van der Waals surface area contributed by atoms with Crippen LogP contribution in [0.5, 0.6) is 0 Å². The van der Waals surface area contributed by atoms with Crippen molar-refractivity contribution in [1.29, 1.82) is 0 Å². The SMILES string of the molecule is C[C@@H]1COC[C@@H](C)N1N1[C@H](C)COC[C@H]1C. The first-order chi connectivity index (χ1) is 7.61. The van der Waals surface area contributed by atoms with Crippen molar-refractivity contribution < 1.29 is 9.47 Å². The van der Waals surface area contributed by atoms with Crippen LogP contribution in [-0.2, 0) is 9.47 Å². The number of morpholine rings is 2. The summed E-state index contributed by atoms with van der Waals surface area (Å²) in [5.41, 5.74) is 0. The van der Waals surface area contributed by atoms with Crippen LogP contribution in [0.2, 0.25) is 0 Å². The van der Waals surface area contributed by atoms with Crippen molar-refractivity contribution in [2.45, 2.75) is 51.9 Å². The van der Waals surface area contributed by atoms with Gasteiger partial charge >= 0.3 is 0 Å². The molecule has 2 heterocycles. The van der Waals surface area contributed by atoms with E-state index in [0.29, 0.717) is 24.2 Å². The summed E-state index contributed by atoms with van der Waals surface area (Å²) in [4.78, 5) is 0. The summed E-state index contributed by atoms with van der Waals surface area (Å²) in [5.74, 6) is 0. The molecule has 0 saturated carbocycles. The average Bonchev–Trinajstić information content (AvgIpc) is 2.21. The largest absolute Gasteiger partial charge is 0.378 e. The Hall–Kier alpha value is -0.160. The van der Waals surface area contributed by atoms with E-state index < -0.39 is 0 Å². The summed E-state index contributed by atoms with van der Waals surface area (Å²) in [6, 6.07) is 1.86. The van der Waals surface area contributed by atoms with Gasteiger partial charge in [-0.05, 0) is 27.7 Å². The van der Waals surface area contributed by atoms with Gasteiger partial charge in [0.2, 0.25) is 0 Å². The minimum absolute atomic E-state index is 0.465. The zero-order chi connectivity index (χ0) is 11.7. The lowest BCUT2D eigenvalue weighted by molar-refractivity contribution is -0.218. The Morgan fingerprint density at radius 1 is 0.625 bits per heavy atom. The van der Waals surface area contributed by atoms with Crippen molar-refractivity contribution >= 4 is 0 Å². The molecular formula is C12H24N2O2. The highest BCUT2D eigenvalue weighted by atomic mass is 16.5. The molecule has 0 unspecified atom stereocenters. The molecule has 0 spiro atoms. The second-order valence-corrected chi connectivity index (χ2v) is 5.23. The minimum Gasteiger partial charge on any atom is -0.378 e. The summed E-state index contributed by atoms with van der Waals surface area (Å²) < 4.78 is 11.2. The monoisotopic (exact) mass is 228 g/mol. The third-order valence-electron chi connectivity index (χ3n) is 3.51. The minimum atomic E-state index is 0.465. The smallest absolute Gasteiger partial charge is 0.0634 e. The van der Waals surface area contributed by atoms with E-state index >= 15 is 0 Å². The van der Waals surface area contributed by atoms with Gasteiger partial charge in [-0.3, -0.25) is 0 Å². The molecule has 4 atom stereocenters. The average molecular weight is 228 g/mol. The Bertz CT molecular complexity index is 193. The number of ether oxygens (including phenoxy) is 2. The van der Waals surface area contributed by atoms with Crippen LogP contribution < -0.4 is 0 Å². The Morgan fingerprint density at radius 3 is 1.12 bits per heavy atom. The predicted molar refractivity (Wildman–Crippen MR) is 63.2 cm³/mol. The van der Waals surface area contributed by atoms with Crippen molar-refractivity contribution in [2.24, 2.45) is 0 Å². The Kier molecular flexibility index (Phi) is 3.85. The fourth-order valence-corrected chi connectivity index (χ4v) is 2.90. The fourth-order valence-electron chi connectivity index (χ4n) is 2.90. The zero-order valence-electron chi connectivity index (χ0n) is 10.8. The van der Waals surface area contributed by atoms with Crippen LogP contribution in [0.15, 0.2) is 0 Å². The first-order valence-corrected chi connectivity index (χ1v) is 6.33. The van der Waals surface area contributed by atoms with Crippen LogP contribution in [0, 0.1) is 0 Å². The second kappa shape index (κ2) is 5.00. The molecule has 4 nitrogen and oxygen atoms in total. The van der Waals surface area contributed by atoms with Gasteiger partial charge in [0, 0.05) is 24.2 Å². The molecule has 0 aromatic rings. The number of hydrogen-bond donors (Lipinski definition) is 0. The highest BCUT2D eigenvalue weighted by Gasteiger charge is 2.37. The van der Waals surface area contributed by atoms with E-state index in [1.165, 1.54) is 0 Å². The van der Waals surface area contributed by atoms with Crippen molar-refractivity contribution in [1.82, 2.24) is 10.0 Å². The van der Waals surface area contributed by atoms with Crippen LogP contribution in [0.1, 0.15) is 27.7 Å². The summed E-state index contributed by atoms with van der Waals surface area (Å²) in [6.45, 7) is 12.3. The van der Waals surface area contributed by atoms with Gasteiger partial charge in [0.1, 0.15) is 0 Å². The molecule has 16 heavy (non-hydrogen) atoms. The van der Waals surface area contributed by atoms with E-state index in [4.69, 9.17) is 9.47 Å². The van der Waals surface area contributed by atoms with Crippen LogP contribution in [-0.4, -0.2) is 60.6 Å². The maximum atomic E-state index is 5.59. The van der Waals surface area contributed by atoms with Gasteiger partial charge in [0.05, 0.1) is 26.4 Å². The van der Waals surface area contributed by atoms with Gasteiger partial charge in [-0.1, -0.05) is 0 Å². The summed E-state index contributed by atoms with van der Waals surface area (Å²) in [7, 11) is 0. The Morgan fingerprint density at radius 2 is 0.875 bits per heavy atom. The lowest BCUT2D eigenvalue weighted by atomic mass is 10.1. The van der Waals surface area contributed by atoms with Crippen LogP contribution in [0.25, 0.3) is 0 Å². The van der Waals surface area contributed by atoms with Crippen LogP contribution in [0.3, 0.4) is 0 Å². The Labute approximate surface area is 98.5 Å². The maximum absolute atomic E-state index is 5.59. The molecule has 2 rings (SSSR count). The van der Waals surface area contributed by atoms with Gasteiger partial charge in [-0.25, -0.2) is 10.0 Å². The summed E-state index contributed by atoms with van der Waals surface area (Å²) >= 11 is 0. The molecule has 2 aliphatic heterocycles. The fraction of sp³-hybridized carbons (Fsp3) is 1.00. The first-order valence-electron chi connectivity index (χ1n) is 6.33. The molecule has 2 saturated heterocycles. The lowest BCUT2D eigenvalue weighted by Crippen LogP contribution is -2.65. The van der Waals surface area contributed by atoms with Crippen molar-refractivity contribution in [3.63, 3.8) is 0 Å². The lowest BCUT2D eigenvalue weighted by Gasteiger charge is -2.52. The van der Waals surface area contributed by atoms with E-state index in [1.54, 1.807) is 0 Å². The molecule has 0 aliphatic carbocycles. The zero-order valence-corrected chi connectivity index (χ0v) is 10.8. The maximum Gasteiger partial charge on any atom is 0.0634 e. The van der Waals surface area contributed by atoms with Crippen molar-refractivity contribution in [3.8, 4) is 0 Å². The topological polar surface area (TPSA) is 24.9 Å². The molecule has 0 aromatic heterocycles. The molecule has 0 bridgehead atoms. The normalized spacial score (nSPS) is 43.5. The number of hydrogen-bond acceptors (Lipinski definition) is 4. The predicted octanol–water partition coefficient (Wildman–Crippen LogP) is 1.12. The van der Waals surface area contributed by atoms with Gasteiger partial charge in [-0.15, -0.1) is 0 Å². The Balaban J connectivity index is 2.12. The molecular weight excluding hydrogens is 204 g/mol. The standard InChI is InChI=1S/C12H24N2O2/c1-9-5-15-6-10(2)13(9)14-11(3)7-16-8-12(14)4/h9-12H,5-8H2,1-4H3/t9-,10-,11-,12-/m1/s1. The molecule has 4 heteroatoms. The molecule has 94 valence electrons. The highest BCUT2D eigenvalue weighted by molar-refractivity contribution is 4.83. The first kappa shape index (κ1) is 12.3. The highest BCUT2D eigenvalue weighted by Crippen LogP contribution is 2.23. The summed E-state index contributed by atoms with van der Waals surface area (Å²) in [6.07, 6.45) is 0. The van der Waals surface area contributed by atoms with E-state index in [-0.39, 0.29) is 0 Å². The molecule has 0 amide bonds. The van der Waals surface area contributed by atoms with E-state index in [0.717, 1.165) is 26.4 Å². The molecule has 2 fully saturated rings. The molecule has 2 aliphatic rings. The molecule has 0 aromatic carbocycles. The molecule has 0 N–H and O–H groups in total. The number of hydrazine groups is 1. The number of rotatable bonds is 1. The third kappa shape index (κ3) is 2.25. The van der Waals surface area contributed by atoms with Crippen molar-refractivity contribution in [3.05, 3.63) is 0 Å². The van der Waals surface area contributed by atoms with Gasteiger partial charge in [0.25, 0.3) is 0 Å². The second-order valence-electron chi connectivity index (χ2n) is 5.23. The van der Waals surface area contributed by atoms with E-state index in [2.05, 4.69) is 37.7 Å². The van der Waals surface area contributed by atoms with Crippen LogP contribution >= 0.6 is 0 Å². The molecule has 0 radical (unpaired) electrons. The van der Waals surface area contributed by atoms with E-state index in [1.807, 2.05) is 0 Å². The van der Waals surface area contributed by atoms with Gasteiger partial charge < -0.3 is 9.47 Å². The third-order valence-corrected chi connectivity index (χ3v) is 3.51. The van der Waals surface area contributed by atoms with Gasteiger partial charge in [-0.2, -0.15) is 0 Å². The van der Waals surface area contributed by atoms with Gasteiger partial charge in [0.15, 0.2) is 0 Å². The number of nitrogens with zero attached hydrogens (tertiary/aromatic N) is 2.